The molecule has 0 aromatic carbocycles. The van der Waals surface area contributed by atoms with E-state index in [-0.39, 0.29) is 0 Å². The lowest BCUT2D eigenvalue weighted by molar-refractivity contribution is 0.138. The van der Waals surface area contributed by atoms with E-state index in [4.69, 9.17) is 0 Å². The second-order valence-corrected chi connectivity index (χ2v) is 6.29. The van der Waals surface area contributed by atoms with Gasteiger partial charge in [0.25, 0.3) is 0 Å². The minimum atomic E-state index is 0.319. The molecule has 1 heterocycles. The van der Waals surface area contributed by atoms with Crippen LogP contribution in [0.1, 0.15) is 58.8 Å². The molecule has 0 N–H and O–H groups in total. The number of nitrogens with zero attached hydrogens (tertiary/aromatic N) is 2. The van der Waals surface area contributed by atoms with Crippen molar-refractivity contribution in [1.29, 1.82) is 0 Å². The van der Waals surface area contributed by atoms with Crippen molar-refractivity contribution in [2.75, 3.05) is 19.6 Å². The van der Waals surface area contributed by atoms with Gasteiger partial charge in [-0.15, -0.1) is 0 Å². The average molecular weight is 252 g/mol. The van der Waals surface area contributed by atoms with Crippen molar-refractivity contribution in [3.63, 3.8) is 0 Å². The van der Waals surface area contributed by atoms with Gasteiger partial charge in [-0.25, -0.2) is 4.79 Å². The summed E-state index contributed by atoms with van der Waals surface area (Å²) in [6, 6.07) is 0.844. The maximum Gasteiger partial charge on any atom is 0.320 e. The van der Waals surface area contributed by atoms with Crippen LogP contribution in [0.25, 0.3) is 0 Å². The first kappa shape index (κ1) is 13.7. The molecular formula is C15H28N2O. The predicted octanol–water partition coefficient (Wildman–Crippen LogP) is 3.49. The third-order valence-electron chi connectivity index (χ3n) is 4.34. The first-order valence-corrected chi connectivity index (χ1v) is 7.74. The summed E-state index contributed by atoms with van der Waals surface area (Å²) >= 11 is 0. The smallest absolute Gasteiger partial charge is 0.320 e. The Hall–Kier alpha value is -0.730. The lowest BCUT2D eigenvalue weighted by Gasteiger charge is -2.33. The van der Waals surface area contributed by atoms with Crippen molar-refractivity contribution in [3.05, 3.63) is 0 Å². The molecule has 0 aromatic heterocycles. The van der Waals surface area contributed by atoms with Gasteiger partial charge in [0.15, 0.2) is 0 Å². The molecule has 0 aromatic rings. The predicted molar refractivity (Wildman–Crippen MR) is 74.6 cm³/mol. The molecule has 0 spiro atoms. The monoisotopic (exact) mass is 252 g/mol. The summed E-state index contributed by atoms with van der Waals surface area (Å²) < 4.78 is 0. The van der Waals surface area contributed by atoms with Crippen molar-refractivity contribution >= 4 is 6.03 Å². The molecule has 2 amide bonds. The van der Waals surface area contributed by atoms with Crippen LogP contribution in [0.3, 0.4) is 0 Å². The van der Waals surface area contributed by atoms with E-state index in [1.54, 1.807) is 0 Å². The molecule has 18 heavy (non-hydrogen) atoms. The minimum absolute atomic E-state index is 0.319. The van der Waals surface area contributed by atoms with E-state index in [1.807, 2.05) is 0 Å². The Morgan fingerprint density at radius 1 is 1.17 bits per heavy atom. The van der Waals surface area contributed by atoms with Crippen LogP contribution in [0.2, 0.25) is 0 Å². The zero-order valence-electron chi connectivity index (χ0n) is 12.0. The highest BCUT2D eigenvalue weighted by Crippen LogP contribution is 2.26. The number of likely N-dealkylation sites (tertiary alicyclic amines) is 1. The van der Waals surface area contributed by atoms with Crippen LogP contribution in [-0.4, -0.2) is 41.5 Å². The standard InChI is InChI=1S/C15H28N2O/c1-13(2)9-12-17(14-7-3-4-8-14)15(18)16-10-5-6-11-16/h13-14H,3-12H2,1-2H3. The van der Waals surface area contributed by atoms with Crippen LogP contribution >= 0.6 is 0 Å². The van der Waals surface area contributed by atoms with Gasteiger partial charge in [-0.05, 0) is 38.0 Å². The number of urea groups is 1. The first-order chi connectivity index (χ1) is 8.68. The molecule has 0 radical (unpaired) electrons. The summed E-state index contributed by atoms with van der Waals surface area (Å²) in [6.45, 7) is 7.39. The van der Waals surface area contributed by atoms with Crippen LogP contribution in [0.15, 0.2) is 0 Å². The minimum Gasteiger partial charge on any atom is -0.325 e. The quantitative estimate of drug-likeness (QED) is 0.751. The third-order valence-corrected chi connectivity index (χ3v) is 4.34. The van der Waals surface area contributed by atoms with Gasteiger partial charge >= 0.3 is 6.03 Å². The van der Waals surface area contributed by atoms with E-state index in [2.05, 4.69) is 23.6 Å². The summed E-state index contributed by atoms with van der Waals surface area (Å²) in [5.41, 5.74) is 0. The van der Waals surface area contributed by atoms with Crippen LogP contribution in [0, 0.1) is 5.92 Å². The SMILES string of the molecule is CC(C)CCN(C(=O)N1CCCC1)C1CCCC1. The number of rotatable bonds is 4. The molecule has 3 nitrogen and oxygen atoms in total. The number of carbonyl (C=O) groups excluding carboxylic acids is 1. The first-order valence-electron chi connectivity index (χ1n) is 7.74. The zero-order chi connectivity index (χ0) is 13.0. The topological polar surface area (TPSA) is 23.6 Å². The van der Waals surface area contributed by atoms with Gasteiger partial charge in [0.05, 0.1) is 0 Å². The molecular weight excluding hydrogens is 224 g/mol. The Kier molecular flexibility index (Phi) is 4.90. The Morgan fingerprint density at radius 3 is 2.33 bits per heavy atom. The average Bonchev–Trinajstić information content (AvgIpc) is 3.01. The van der Waals surface area contributed by atoms with Gasteiger partial charge in [0.2, 0.25) is 0 Å². The van der Waals surface area contributed by atoms with E-state index >= 15 is 0 Å². The lowest BCUT2D eigenvalue weighted by atomic mass is 10.1. The van der Waals surface area contributed by atoms with Crippen molar-refractivity contribution < 1.29 is 4.79 Å². The third kappa shape index (κ3) is 3.39. The zero-order valence-corrected chi connectivity index (χ0v) is 12.0. The molecule has 2 aliphatic rings. The van der Waals surface area contributed by atoms with Crippen LogP contribution in [0.4, 0.5) is 4.79 Å². The van der Waals surface area contributed by atoms with E-state index in [1.165, 1.54) is 38.5 Å². The fourth-order valence-electron chi connectivity index (χ4n) is 3.14. The van der Waals surface area contributed by atoms with E-state index in [0.717, 1.165) is 26.1 Å². The highest BCUT2D eigenvalue weighted by atomic mass is 16.2. The van der Waals surface area contributed by atoms with E-state index in [0.29, 0.717) is 18.0 Å². The van der Waals surface area contributed by atoms with Crippen LogP contribution in [0.5, 0.6) is 0 Å². The highest BCUT2D eigenvalue weighted by molar-refractivity contribution is 5.75. The lowest BCUT2D eigenvalue weighted by Crippen LogP contribution is -2.47. The second kappa shape index (κ2) is 6.44. The Balaban J connectivity index is 1.95. The maximum absolute atomic E-state index is 12.6. The Bertz CT molecular complexity index is 266. The molecule has 2 rings (SSSR count). The number of hydrogen-bond acceptors (Lipinski definition) is 1. The molecule has 0 unspecified atom stereocenters. The van der Waals surface area contributed by atoms with Crippen molar-refractivity contribution in [3.8, 4) is 0 Å². The molecule has 1 saturated carbocycles. The van der Waals surface area contributed by atoms with E-state index < -0.39 is 0 Å². The summed E-state index contributed by atoms with van der Waals surface area (Å²) in [4.78, 5) is 16.9. The van der Waals surface area contributed by atoms with Crippen LogP contribution in [-0.2, 0) is 0 Å². The summed E-state index contributed by atoms with van der Waals surface area (Å²) in [5, 5.41) is 0. The number of hydrogen-bond donors (Lipinski definition) is 0. The van der Waals surface area contributed by atoms with Crippen molar-refractivity contribution in [2.45, 2.75) is 64.8 Å². The second-order valence-electron chi connectivity index (χ2n) is 6.29. The van der Waals surface area contributed by atoms with Gasteiger partial charge in [-0.2, -0.15) is 0 Å². The van der Waals surface area contributed by atoms with E-state index in [9.17, 15) is 4.79 Å². The fraction of sp³-hybridized carbons (Fsp3) is 0.933. The molecule has 2 fully saturated rings. The molecule has 1 saturated heterocycles. The number of carbonyl (C=O) groups is 1. The summed E-state index contributed by atoms with van der Waals surface area (Å²) in [6.07, 6.45) is 8.56. The Labute approximate surface area is 112 Å². The van der Waals surface area contributed by atoms with Gasteiger partial charge in [0, 0.05) is 25.7 Å². The molecule has 1 aliphatic carbocycles. The molecule has 0 bridgehead atoms. The maximum atomic E-state index is 12.6. The normalized spacial score (nSPS) is 20.9. The van der Waals surface area contributed by atoms with Crippen molar-refractivity contribution in [1.82, 2.24) is 9.80 Å². The number of amides is 2. The molecule has 0 atom stereocenters. The van der Waals surface area contributed by atoms with Gasteiger partial charge in [-0.3, -0.25) is 0 Å². The molecule has 3 heteroatoms. The largest absolute Gasteiger partial charge is 0.325 e. The van der Waals surface area contributed by atoms with Gasteiger partial charge < -0.3 is 9.80 Å². The summed E-state index contributed by atoms with van der Waals surface area (Å²) in [7, 11) is 0. The molecule has 1 aliphatic heterocycles. The van der Waals surface area contributed by atoms with Crippen molar-refractivity contribution in [2.24, 2.45) is 5.92 Å². The summed E-state index contributed by atoms with van der Waals surface area (Å²) in [5.74, 6) is 0.681. The highest BCUT2D eigenvalue weighted by Gasteiger charge is 2.30. The van der Waals surface area contributed by atoms with Crippen LogP contribution < -0.4 is 0 Å². The Morgan fingerprint density at radius 2 is 1.78 bits per heavy atom. The molecule has 104 valence electrons. The fourth-order valence-corrected chi connectivity index (χ4v) is 3.14. The van der Waals surface area contributed by atoms with Gasteiger partial charge in [0.1, 0.15) is 0 Å². The van der Waals surface area contributed by atoms with Gasteiger partial charge in [-0.1, -0.05) is 26.7 Å².